The quantitative estimate of drug-likeness (QED) is 0.696. The molecule has 0 atom stereocenters. The highest BCUT2D eigenvalue weighted by molar-refractivity contribution is 7.10. The van der Waals surface area contributed by atoms with E-state index in [1.807, 2.05) is 0 Å². The zero-order chi connectivity index (χ0) is 6.32. The summed E-state index contributed by atoms with van der Waals surface area (Å²) in [5.41, 5.74) is 6.01. The van der Waals surface area contributed by atoms with E-state index in [1.165, 1.54) is 17.7 Å². The predicted octanol–water partition coefficient (Wildman–Crippen LogP) is 2.12. The Bertz CT molecular complexity index is 203. The summed E-state index contributed by atoms with van der Waals surface area (Å²) in [6, 6.07) is 4.19. The number of thiophene rings is 1. The van der Waals surface area contributed by atoms with Gasteiger partial charge in [0, 0.05) is 4.88 Å². The van der Waals surface area contributed by atoms with Crippen molar-refractivity contribution in [3.05, 3.63) is 22.4 Å². The van der Waals surface area contributed by atoms with Crippen LogP contribution in [0.2, 0.25) is 0 Å². The molecule has 0 bridgehead atoms. The average molecular weight is 176 g/mol. The molecule has 0 amide bonds. The molecule has 0 radical (unpaired) electrons. The maximum Gasteiger partial charge on any atom is 0.0505 e. The number of nitrogens with two attached hydrogens (primary N) is 1. The highest BCUT2D eigenvalue weighted by Gasteiger charge is 2.40. The van der Waals surface area contributed by atoms with Gasteiger partial charge in [-0.1, -0.05) is 6.07 Å². The molecule has 0 unspecified atom stereocenters. The molecule has 1 saturated carbocycles. The first kappa shape index (κ1) is 8.05. The molecule has 1 nitrogen and oxygen atoms in total. The molecule has 1 aliphatic rings. The van der Waals surface area contributed by atoms with Gasteiger partial charge in [-0.15, -0.1) is 23.7 Å². The summed E-state index contributed by atoms with van der Waals surface area (Å²) < 4.78 is 0. The highest BCUT2D eigenvalue weighted by Crippen LogP contribution is 2.44. The Morgan fingerprint density at radius 2 is 2.20 bits per heavy atom. The van der Waals surface area contributed by atoms with Crippen LogP contribution in [0.15, 0.2) is 17.5 Å². The maximum atomic E-state index is 5.92. The van der Waals surface area contributed by atoms with E-state index in [2.05, 4.69) is 17.5 Å². The van der Waals surface area contributed by atoms with Crippen LogP contribution in [0.25, 0.3) is 0 Å². The van der Waals surface area contributed by atoms with E-state index in [-0.39, 0.29) is 17.9 Å². The number of hydrogen-bond donors (Lipinski definition) is 1. The molecule has 3 heteroatoms. The molecule has 0 aromatic carbocycles. The lowest BCUT2D eigenvalue weighted by molar-refractivity contribution is 0.759. The van der Waals surface area contributed by atoms with E-state index in [0.717, 1.165) is 0 Å². The lowest BCUT2D eigenvalue weighted by Crippen LogP contribution is -2.16. The lowest BCUT2D eigenvalue weighted by Gasteiger charge is -2.01. The van der Waals surface area contributed by atoms with Crippen molar-refractivity contribution < 1.29 is 0 Å². The highest BCUT2D eigenvalue weighted by atomic mass is 35.5. The fourth-order valence-corrected chi connectivity index (χ4v) is 1.84. The van der Waals surface area contributed by atoms with Crippen molar-refractivity contribution in [2.24, 2.45) is 5.73 Å². The minimum atomic E-state index is 0. The number of rotatable bonds is 1. The van der Waals surface area contributed by atoms with Gasteiger partial charge in [-0.3, -0.25) is 0 Å². The minimum absolute atomic E-state index is 0. The summed E-state index contributed by atoms with van der Waals surface area (Å²) >= 11 is 1.77. The monoisotopic (exact) mass is 175 g/mol. The van der Waals surface area contributed by atoms with Crippen molar-refractivity contribution in [3.8, 4) is 0 Å². The average Bonchev–Trinajstić information content (AvgIpc) is 2.46. The Morgan fingerprint density at radius 1 is 1.50 bits per heavy atom. The van der Waals surface area contributed by atoms with Gasteiger partial charge in [-0.2, -0.15) is 0 Å². The van der Waals surface area contributed by atoms with E-state index in [9.17, 15) is 0 Å². The Balaban J connectivity index is 0.000000500. The topological polar surface area (TPSA) is 26.0 Å². The summed E-state index contributed by atoms with van der Waals surface area (Å²) in [6.45, 7) is 0. The summed E-state index contributed by atoms with van der Waals surface area (Å²) in [6.07, 6.45) is 2.35. The molecule has 0 spiro atoms. The Kier molecular flexibility index (Phi) is 2.04. The first-order chi connectivity index (χ1) is 4.31. The van der Waals surface area contributed by atoms with Gasteiger partial charge < -0.3 is 5.73 Å². The van der Waals surface area contributed by atoms with Crippen molar-refractivity contribution in [3.63, 3.8) is 0 Å². The van der Waals surface area contributed by atoms with Gasteiger partial charge in [0.2, 0.25) is 0 Å². The van der Waals surface area contributed by atoms with Gasteiger partial charge in [0.05, 0.1) is 5.54 Å². The van der Waals surface area contributed by atoms with E-state index in [0.29, 0.717) is 0 Å². The maximum absolute atomic E-state index is 5.92. The van der Waals surface area contributed by atoms with Crippen molar-refractivity contribution in [2.45, 2.75) is 18.4 Å². The third-order valence-corrected chi connectivity index (χ3v) is 2.89. The molecule has 1 aliphatic carbocycles. The third-order valence-electron chi connectivity index (χ3n) is 1.80. The van der Waals surface area contributed by atoms with E-state index in [4.69, 9.17) is 5.73 Å². The lowest BCUT2D eigenvalue weighted by atomic mass is 10.2. The summed E-state index contributed by atoms with van der Waals surface area (Å²) in [4.78, 5) is 1.35. The first-order valence-electron chi connectivity index (χ1n) is 3.14. The fourth-order valence-electron chi connectivity index (χ4n) is 0.943. The zero-order valence-corrected chi connectivity index (χ0v) is 7.17. The largest absolute Gasteiger partial charge is 0.321 e. The molecule has 1 aromatic heterocycles. The van der Waals surface area contributed by atoms with Crippen molar-refractivity contribution in [2.75, 3.05) is 0 Å². The van der Waals surface area contributed by atoms with Crippen LogP contribution in [-0.2, 0) is 5.54 Å². The first-order valence-corrected chi connectivity index (χ1v) is 4.02. The SMILES string of the molecule is Cl.NC1(c2cccs2)CC1. The van der Waals surface area contributed by atoms with Crippen LogP contribution < -0.4 is 5.73 Å². The van der Waals surface area contributed by atoms with Crippen LogP contribution in [0.4, 0.5) is 0 Å². The second-order valence-electron chi connectivity index (χ2n) is 2.63. The van der Waals surface area contributed by atoms with Crippen molar-refractivity contribution in [1.82, 2.24) is 0 Å². The fraction of sp³-hybridized carbons (Fsp3) is 0.429. The van der Waals surface area contributed by atoms with Crippen LogP contribution in [0.5, 0.6) is 0 Å². The molecule has 10 heavy (non-hydrogen) atoms. The second kappa shape index (κ2) is 2.53. The van der Waals surface area contributed by atoms with E-state index in [1.54, 1.807) is 11.3 Å². The van der Waals surface area contributed by atoms with Crippen LogP contribution >= 0.6 is 23.7 Å². The molecular weight excluding hydrogens is 166 g/mol. The summed E-state index contributed by atoms with van der Waals surface area (Å²) in [5, 5.41) is 2.09. The molecule has 1 fully saturated rings. The van der Waals surface area contributed by atoms with Crippen LogP contribution in [0.3, 0.4) is 0 Å². The Hall–Kier alpha value is -0.0500. The van der Waals surface area contributed by atoms with Crippen molar-refractivity contribution in [1.29, 1.82) is 0 Å². The van der Waals surface area contributed by atoms with Gasteiger partial charge >= 0.3 is 0 Å². The zero-order valence-electron chi connectivity index (χ0n) is 5.54. The minimum Gasteiger partial charge on any atom is -0.321 e. The number of hydrogen-bond acceptors (Lipinski definition) is 2. The van der Waals surface area contributed by atoms with E-state index >= 15 is 0 Å². The molecule has 2 N–H and O–H groups in total. The van der Waals surface area contributed by atoms with Crippen LogP contribution in [0.1, 0.15) is 17.7 Å². The van der Waals surface area contributed by atoms with Gasteiger partial charge in [0.1, 0.15) is 0 Å². The second-order valence-corrected chi connectivity index (χ2v) is 3.58. The smallest absolute Gasteiger partial charge is 0.0505 e. The van der Waals surface area contributed by atoms with Gasteiger partial charge in [-0.05, 0) is 24.3 Å². The normalized spacial score (nSPS) is 19.7. The molecule has 0 saturated heterocycles. The summed E-state index contributed by atoms with van der Waals surface area (Å²) in [7, 11) is 0. The van der Waals surface area contributed by atoms with Gasteiger partial charge in [0.15, 0.2) is 0 Å². The van der Waals surface area contributed by atoms with Crippen LogP contribution in [0, 0.1) is 0 Å². The Labute approximate surface area is 70.7 Å². The van der Waals surface area contributed by atoms with Gasteiger partial charge in [0.25, 0.3) is 0 Å². The third kappa shape index (κ3) is 1.19. The molecule has 1 heterocycles. The molecular formula is C7H10ClNS. The Morgan fingerprint density at radius 3 is 2.60 bits per heavy atom. The predicted molar refractivity (Wildman–Crippen MR) is 46.7 cm³/mol. The standard InChI is InChI=1S/C7H9NS.ClH/c8-7(3-4-7)6-2-1-5-9-6;/h1-2,5H,3-4,8H2;1H. The molecule has 0 aliphatic heterocycles. The molecule has 2 rings (SSSR count). The van der Waals surface area contributed by atoms with Gasteiger partial charge in [-0.25, -0.2) is 0 Å². The molecule has 1 aromatic rings. The number of halogens is 1. The van der Waals surface area contributed by atoms with Crippen molar-refractivity contribution >= 4 is 23.7 Å². The molecule has 56 valence electrons. The van der Waals surface area contributed by atoms with Crippen LogP contribution in [-0.4, -0.2) is 0 Å². The summed E-state index contributed by atoms with van der Waals surface area (Å²) in [5.74, 6) is 0. The van der Waals surface area contributed by atoms with E-state index < -0.39 is 0 Å².